The number of carbonyl (C=O) groups is 3. The summed E-state index contributed by atoms with van der Waals surface area (Å²) < 4.78 is 11.7. The van der Waals surface area contributed by atoms with E-state index >= 15 is 0 Å². The fourth-order valence-electron chi connectivity index (χ4n) is 3.79. The summed E-state index contributed by atoms with van der Waals surface area (Å²) in [7, 11) is 0. The molecule has 0 aliphatic heterocycles. The molecule has 2 N–H and O–H groups in total. The van der Waals surface area contributed by atoms with E-state index in [-0.39, 0.29) is 12.5 Å². The van der Waals surface area contributed by atoms with Gasteiger partial charge in [0.25, 0.3) is 0 Å². The molecule has 1 heterocycles. The van der Waals surface area contributed by atoms with Crippen molar-refractivity contribution >= 4 is 39.4 Å². The maximum atomic E-state index is 13.3. The predicted octanol–water partition coefficient (Wildman–Crippen LogP) is 4.84. The Morgan fingerprint density at radius 2 is 1.85 bits per heavy atom. The van der Waals surface area contributed by atoms with Gasteiger partial charge in [-0.2, -0.15) is 0 Å². The monoisotopic (exact) mass is 472 g/mol. The molecule has 2 amide bonds. The molecule has 1 atom stereocenters. The van der Waals surface area contributed by atoms with E-state index in [1.54, 1.807) is 39.0 Å². The molecule has 3 rings (SSSR count). The third-order valence-electron chi connectivity index (χ3n) is 5.26. The van der Waals surface area contributed by atoms with E-state index in [0.29, 0.717) is 30.5 Å². The Kier molecular flexibility index (Phi) is 8.13. The minimum absolute atomic E-state index is 0.275. The number of nitrogens with one attached hydrogen (secondary N) is 2. The Bertz CT molecular complexity index is 1050. The molecule has 0 saturated heterocycles. The first-order chi connectivity index (χ1) is 15.7. The second-order valence-electron chi connectivity index (χ2n) is 9.03. The lowest BCUT2D eigenvalue weighted by atomic mass is 9.95. The third-order valence-corrected chi connectivity index (χ3v) is 6.27. The van der Waals surface area contributed by atoms with Crippen LogP contribution in [0.3, 0.4) is 0 Å². The van der Waals surface area contributed by atoms with Gasteiger partial charge >= 0.3 is 12.1 Å². The zero-order valence-electron chi connectivity index (χ0n) is 19.7. The number of carbonyl (C=O) groups excluding carboxylic acids is 3. The van der Waals surface area contributed by atoms with Gasteiger partial charge in [-0.3, -0.25) is 4.79 Å². The van der Waals surface area contributed by atoms with Crippen LogP contribution in [-0.4, -0.2) is 36.2 Å². The maximum absolute atomic E-state index is 13.3. The fraction of sp³-hybridized carbons (Fsp3) is 0.480. The molecule has 1 aliphatic rings. The molecule has 1 aliphatic carbocycles. The van der Waals surface area contributed by atoms with E-state index in [1.165, 1.54) is 0 Å². The normalized spacial score (nSPS) is 15.2. The van der Waals surface area contributed by atoms with Gasteiger partial charge in [0, 0.05) is 16.8 Å². The van der Waals surface area contributed by atoms with Gasteiger partial charge in [0.1, 0.15) is 11.6 Å². The highest BCUT2D eigenvalue weighted by atomic mass is 32.1. The number of amides is 2. The Morgan fingerprint density at radius 3 is 2.58 bits per heavy atom. The molecule has 33 heavy (non-hydrogen) atoms. The molecule has 0 unspecified atom stereocenters. The summed E-state index contributed by atoms with van der Waals surface area (Å²) in [6.45, 7) is 7.34. The van der Waals surface area contributed by atoms with Crippen molar-refractivity contribution in [3.05, 3.63) is 46.5 Å². The van der Waals surface area contributed by atoms with Crippen molar-refractivity contribution in [3.63, 3.8) is 0 Å². The molecule has 0 fully saturated rings. The van der Waals surface area contributed by atoms with E-state index in [4.69, 9.17) is 9.47 Å². The number of alkyl carbamates (subject to hydrolysis) is 1. The number of esters is 1. The van der Waals surface area contributed by atoms with E-state index in [2.05, 4.69) is 10.6 Å². The first-order valence-corrected chi connectivity index (χ1v) is 12.2. The number of hydrogen-bond donors (Lipinski definition) is 2. The van der Waals surface area contributed by atoms with Crippen molar-refractivity contribution in [1.82, 2.24) is 10.6 Å². The van der Waals surface area contributed by atoms with Crippen molar-refractivity contribution in [2.75, 3.05) is 6.61 Å². The van der Waals surface area contributed by atoms with Crippen molar-refractivity contribution < 1.29 is 23.9 Å². The van der Waals surface area contributed by atoms with Crippen LogP contribution in [0.2, 0.25) is 0 Å². The Hall–Kier alpha value is -2.87. The average molecular weight is 473 g/mol. The first-order valence-electron chi connectivity index (χ1n) is 11.3. The SMILES string of the molecule is CCOC(=O)C1=C(NC(=O)[C@@H](Cc2csc3ccccc23)NC(=O)OC(C)(C)C)CCCC1. The lowest BCUT2D eigenvalue weighted by Gasteiger charge is -2.25. The molecule has 2 aromatic rings. The first kappa shape index (κ1) is 24.8. The maximum Gasteiger partial charge on any atom is 0.408 e. The highest BCUT2D eigenvalue weighted by Crippen LogP contribution is 2.27. The van der Waals surface area contributed by atoms with Gasteiger partial charge in [0.05, 0.1) is 12.2 Å². The van der Waals surface area contributed by atoms with E-state index in [1.807, 2.05) is 29.6 Å². The number of thiophene rings is 1. The zero-order valence-corrected chi connectivity index (χ0v) is 20.5. The summed E-state index contributed by atoms with van der Waals surface area (Å²) in [4.78, 5) is 38.2. The van der Waals surface area contributed by atoms with Crippen LogP contribution in [0.4, 0.5) is 4.79 Å². The lowest BCUT2D eigenvalue weighted by Crippen LogP contribution is -2.49. The molecule has 8 heteroatoms. The van der Waals surface area contributed by atoms with Crippen molar-refractivity contribution in [3.8, 4) is 0 Å². The number of fused-ring (bicyclic) bond motifs is 1. The van der Waals surface area contributed by atoms with E-state index < -0.39 is 23.7 Å². The van der Waals surface area contributed by atoms with Crippen molar-refractivity contribution in [1.29, 1.82) is 0 Å². The molecule has 0 bridgehead atoms. The smallest absolute Gasteiger partial charge is 0.408 e. The Balaban J connectivity index is 1.85. The molecular weight excluding hydrogens is 440 g/mol. The van der Waals surface area contributed by atoms with Crippen LogP contribution in [0.5, 0.6) is 0 Å². The Labute approximate surface area is 198 Å². The van der Waals surface area contributed by atoms with Gasteiger partial charge in [0.15, 0.2) is 0 Å². The van der Waals surface area contributed by atoms with Crippen LogP contribution in [0.1, 0.15) is 58.9 Å². The largest absolute Gasteiger partial charge is 0.463 e. The predicted molar refractivity (Wildman–Crippen MR) is 129 cm³/mol. The van der Waals surface area contributed by atoms with Crippen molar-refractivity contribution in [2.45, 2.75) is 71.4 Å². The van der Waals surface area contributed by atoms with Gasteiger partial charge in [-0.05, 0) is 75.8 Å². The highest BCUT2D eigenvalue weighted by molar-refractivity contribution is 7.17. The molecule has 7 nitrogen and oxygen atoms in total. The topological polar surface area (TPSA) is 93.7 Å². The van der Waals surface area contributed by atoms with Gasteiger partial charge in [-0.25, -0.2) is 9.59 Å². The zero-order chi connectivity index (χ0) is 24.0. The molecule has 1 aromatic heterocycles. The van der Waals surface area contributed by atoms with Crippen molar-refractivity contribution in [2.24, 2.45) is 0 Å². The number of ether oxygens (including phenoxy) is 2. The highest BCUT2D eigenvalue weighted by Gasteiger charge is 2.28. The van der Waals surface area contributed by atoms with Crippen LogP contribution in [0, 0.1) is 0 Å². The summed E-state index contributed by atoms with van der Waals surface area (Å²) in [5, 5.41) is 8.69. The number of hydrogen-bond acceptors (Lipinski definition) is 6. The van der Waals surface area contributed by atoms with Crippen LogP contribution in [0.15, 0.2) is 40.9 Å². The molecule has 0 radical (unpaired) electrons. The fourth-order valence-corrected chi connectivity index (χ4v) is 4.77. The number of allylic oxidation sites excluding steroid dienone is 1. The van der Waals surface area contributed by atoms with Gasteiger partial charge in [-0.15, -0.1) is 11.3 Å². The molecule has 0 spiro atoms. The minimum Gasteiger partial charge on any atom is -0.463 e. The van der Waals surface area contributed by atoms with E-state index in [9.17, 15) is 14.4 Å². The van der Waals surface area contributed by atoms with Crippen LogP contribution in [-0.2, 0) is 25.5 Å². The summed E-state index contributed by atoms with van der Waals surface area (Å²) in [6, 6.07) is 7.09. The van der Waals surface area contributed by atoms with Gasteiger partial charge in [0.2, 0.25) is 5.91 Å². The van der Waals surface area contributed by atoms with Crippen LogP contribution in [0.25, 0.3) is 10.1 Å². The lowest BCUT2D eigenvalue weighted by molar-refractivity contribution is -0.138. The molecule has 178 valence electrons. The van der Waals surface area contributed by atoms with Gasteiger partial charge < -0.3 is 20.1 Å². The van der Waals surface area contributed by atoms with Crippen LogP contribution >= 0.6 is 11.3 Å². The molecule has 0 saturated carbocycles. The number of benzene rings is 1. The summed E-state index contributed by atoms with van der Waals surface area (Å²) in [5.41, 5.74) is 1.36. The second-order valence-corrected chi connectivity index (χ2v) is 9.95. The summed E-state index contributed by atoms with van der Waals surface area (Å²) >= 11 is 1.60. The quantitative estimate of drug-likeness (QED) is 0.562. The third kappa shape index (κ3) is 6.81. The molecular formula is C25H32N2O5S. The second kappa shape index (κ2) is 10.8. The summed E-state index contributed by atoms with van der Waals surface area (Å²) in [6.07, 6.45) is 2.53. The Morgan fingerprint density at radius 1 is 1.12 bits per heavy atom. The average Bonchev–Trinajstić information content (AvgIpc) is 3.15. The van der Waals surface area contributed by atoms with E-state index in [0.717, 1.165) is 28.5 Å². The van der Waals surface area contributed by atoms with Crippen LogP contribution < -0.4 is 10.6 Å². The van der Waals surface area contributed by atoms with Gasteiger partial charge in [-0.1, -0.05) is 18.2 Å². The minimum atomic E-state index is -0.865. The number of rotatable bonds is 7. The molecule has 1 aromatic carbocycles. The standard InChI is InChI=1S/C25H32N2O5S/c1-5-31-23(29)18-11-6-8-12-19(18)26-22(28)20(27-24(30)32-25(2,3)4)14-16-15-33-21-13-9-7-10-17(16)21/h7,9-10,13,15,20H,5-6,8,11-12,14H2,1-4H3,(H,26,28)(H,27,30)/t20-/m1/s1. The summed E-state index contributed by atoms with van der Waals surface area (Å²) in [5.74, 6) is -0.775.